The summed E-state index contributed by atoms with van der Waals surface area (Å²) in [5.74, 6) is -1.47. The van der Waals surface area contributed by atoms with Crippen molar-refractivity contribution >= 4 is 23.6 Å². The van der Waals surface area contributed by atoms with Gasteiger partial charge in [0.25, 0.3) is 5.91 Å². The standard InChI is InChI=1S/C25H23N3O3/c1-15-8-10-21(11-9-15)27-24(29)20(14-26)13-19-12-16(2)28(18(19)4)23-7-5-6-22(17(23)3)25(30)31/h5-13H,1-4H3,(H,27,29)(H,30,31)/b20-13-. The molecule has 0 spiro atoms. The summed E-state index contributed by atoms with van der Waals surface area (Å²) in [6.07, 6.45) is 1.55. The molecule has 0 aliphatic rings. The maximum Gasteiger partial charge on any atom is 0.336 e. The zero-order chi connectivity index (χ0) is 22.7. The molecule has 3 aromatic rings. The third kappa shape index (κ3) is 4.41. The number of rotatable bonds is 5. The molecule has 0 aliphatic carbocycles. The minimum Gasteiger partial charge on any atom is -0.478 e. The van der Waals surface area contributed by atoms with E-state index in [4.69, 9.17) is 0 Å². The lowest BCUT2D eigenvalue weighted by Crippen LogP contribution is -2.13. The number of carbonyl (C=O) groups excluding carboxylic acids is 1. The van der Waals surface area contributed by atoms with Crippen molar-refractivity contribution < 1.29 is 14.7 Å². The number of aromatic nitrogens is 1. The molecule has 0 aliphatic heterocycles. The van der Waals surface area contributed by atoms with Crippen molar-refractivity contribution in [1.29, 1.82) is 5.26 Å². The number of anilines is 1. The lowest BCUT2D eigenvalue weighted by Gasteiger charge is -2.14. The number of carboxylic acid groups (broad SMARTS) is 1. The first-order valence-electron chi connectivity index (χ1n) is 9.75. The van der Waals surface area contributed by atoms with Gasteiger partial charge in [-0.05, 0) is 75.2 Å². The Bertz CT molecular complexity index is 1240. The summed E-state index contributed by atoms with van der Waals surface area (Å²) < 4.78 is 1.93. The summed E-state index contributed by atoms with van der Waals surface area (Å²) >= 11 is 0. The van der Waals surface area contributed by atoms with Gasteiger partial charge >= 0.3 is 5.97 Å². The third-order valence-corrected chi connectivity index (χ3v) is 5.22. The number of aryl methyl sites for hydroxylation is 2. The number of benzene rings is 2. The Balaban J connectivity index is 1.99. The van der Waals surface area contributed by atoms with Gasteiger partial charge in [0.2, 0.25) is 0 Å². The number of nitrogens with zero attached hydrogens (tertiary/aromatic N) is 2. The van der Waals surface area contributed by atoms with Crippen LogP contribution >= 0.6 is 0 Å². The molecule has 1 amide bonds. The molecule has 1 aromatic heterocycles. The molecular formula is C25H23N3O3. The van der Waals surface area contributed by atoms with E-state index in [1.165, 1.54) is 0 Å². The van der Waals surface area contributed by atoms with Gasteiger partial charge in [-0.1, -0.05) is 23.8 Å². The SMILES string of the molecule is Cc1ccc(NC(=O)/C(C#N)=C\c2cc(C)n(-c3cccc(C(=O)O)c3C)c2C)cc1. The molecule has 2 N–H and O–H groups in total. The highest BCUT2D eigenvalue weighted by molar-refractivity contribution is 6.09. The van der Waals surface area contributed by atoms with Crippen LogP contribution in [0.3, 0.4) is 0 Å². The molecule has 156 valence electrons. The highest BCUT2D eigenvalue weighted by Gasteiger charge is 2.17. The average Bonchev–Trinajstić information content (AvgIpc) is 3.00. The number of carbonyl (C=O) groups is 2. The van der Waals surface area contributed by atoms with Gasteiger partial charge in [-0.3, -0.25) is 4.79 Å². The number of carboxylic acids is 1. The van der Waals surface area contributed by atoms with Crippen LogP contribution in [0.1, 0.15) is 38.4 Å². The van der Waals surface area contributed by atoms with Crippen LogP contribution in [0.15, 0.2) is 54.1 Å². The summed E-state index contributed by atoms with van der Waals surface area (Å²) in [6, 6.07) is 16.3. The van der Waals surface area contributed by atoms with Crippen LogP contribution in [0.25, 0.3) is 11.8 Å². The fourth-order valence-electron chi connectivity index (χ4n) is 3.54. The van der Waals surface area contributed by atoms with Gasteiger partial charge in [-0.15, -0.1) is 0 Å². The average molecular weight is 413 g/mol. The number of hydrogen-bond donors (Lipinski definition) is 2. The molecule has 1 heterocycles. The van der Waals surface area contributed by atoms with E-state index in [0.29, 0.717) is 16.8 Å². The first-order chi connectivity index (χ1) is 14.7. The zero-order valence-electron chi connectivity index (χ0n) is 17.9. The second-order valence-corrected chi connectivity index (χ2v) is 7.41. The van der Waals surface area contributed by atoms with Crippen LogP contribution in [-0.2, 0) is 4.79 Å². The first kappa shape index (κ1) is 21.6. The van der Waals surface area contributed by atoms with Gasteiger partial charge < -0.3 is 15.0 Å². The number of hydrogen-bond acceptors (Lipinski definition) is 3. The normalized spacial score (nSPS) is 11.1. The molecule has 0 unspecified atom stereocenters. The molecule has 0 fully saturated rings. The van der Waals surface area contributed by atoms with Gasteiger partial charge in [0.1, 0.15) is 11.6 Å². The van der Waals surface area contributed by atoms with Gasteiger partial charge in [-0.2, -0.15) is 5.26 Å². The molecule has 3 rings (SSSR count). The molecule has 0 bridgehead atoms. The highest BCUT2D eigenvalue weighted by atomic mass is 16.4. The fraction of sp³-hybridized carbons (Fsp3) is 0.160. The lowest BCUT2D eigenvalue weighted by atomic mass is 10.1. The van der Waals surface area contributed by atoms with Crippen LogP contribution in [0.4, 0.5) is 5.69 Å². The smallest absolute Gasteiger partial charge is 0.336 e. The second kappa shape index (κ2) is 8.72. The van der Waals surface area contributed by atoms with E-state index in [0.717, 1.165) is 22.6 Å². The number of amides is 1. The summed E-state index contributed by atoms with van der Waals surface area (Å²) in [5.41, 5.74) is 5.68. The van der Waals surface area contributed by atoms with Crippen LogP contribution in [0, 0.1) is 39.0 Å². The van der Waals surface area contributed by atoms with Crippen molar-refractivity contribution in [2.45, 2.75) is 27.7 Å². The Morgan fingerprint density at radius 1 is 1.06 bits per heavy atom. The maximum absolute atomic E-state index is 12.6. The van der Waals surface area contributed by atoms with Crippen LogP contribution in [0.5, 0.6) is 0 Å². The molecule has 6 heteroatoms. The van der Waals surface area contributed by atoms with E-state index in [-0.39, 0.29) is 11.1 Å². The Morgan fingerprint density at radius 2 is 1.74 bits per heavy atom. The molecular weight excluding hydrogens is 390 g/mol. The van der Waals surface area contributed by atoms with E-state index >= 15 is 0 Å². The summed E-state index contributed by atoms with van der Waals surface area (Å²) in [6.45, 7) is 7.49. The summed E-state index contributed by atoms with van der Waals surface area (Å²) in [5, 5.41) is 21.7. The maximum atomic E-state index is 12.6. The van der Waals surface area contributed by atoms with Crippen molar-refractivity contribution in [1.82, 2.24) is 4.57 Å². The Kier molecular flexibility index (Phi) is 6.07. The van der Waals surface area contributed by atoms with E-state index in [1.54, 1.807) is 37.3 Å². The molecule has 0 saturated carbocycles. The largest absolute Gasteiger partial charge is 0.478 e. The van der Waals surface area contributed by atoms with Crippen LogP contribution in [-0.4, -0.2) is 21.6 Å². The van der Waals surface area contributed by atoms with E-state index < -0.39 is 11.9 Å². The van der Waals surface area contributed by atoms with Crippen molar-refractivity contribution in [3.8, 4) is 11.8 Å². The van der Waals surface area contributed by atoms with E-state index in [1.807, 2.05) is 55.7 Å². The molecule has 31 heavy (non-hydrogen) atoms. The Morgan fingerprint density at radius 3 is 2.35 bits per heavy atom. The Labute approximate surface area is 181 Å². The molecule has 0 atom stereocenters. The van der Waals surface area contributed by atoms with Gasteiger partial charge in [-0.25, -0.2) is 4.79 Å². The first-order valence-corrected chi connectivity index (χ1v) is 9.75. The van der Waals surface area contributed by atoms with Crippen molar-refractivity contribution in [2.75, 3.05) is 5.32 Å². The van der Waals surface area contributed by atoms with Gasteiger partial charge in [0, 0.05) is 22.8 Å². The zero-order valence-corrected chi connectivity index (χ0v) is 17.9. The predicted octanol–water partition coefficient (Wildman–Crippen LogP) is 4.95. The van der Waals surface area contributed by atoms with Crippen molar-refractivity contribution in [2.24, 2.45) is 0 Å². The number of aromatic carboxylic acids is 1. The minimum atomic E-state index is -0.985. The van der Waals surface area contributed by atoms with Gasteiger partial charge in [0.15, 0.2) is 0 Å². The minimum absolute atomic E-state index is 0.0168. The highest BCUT2D eigenvalue weighted by Crippen LogP contribution is 2.26. The van der Waals surface area contributed by atoms with Crippen LogP contribution < -0.4 is 5.32 Å². The molecule has 0 radical (unpaired) electrons. The molecule has 6 nitrogen and oxygen atoms in total. The number of nitrogens with one attached hydrogen (secondary N) is 1. The lowest BCUT2D eigenvalue weighted by molar-refractivity contribution is -0.112. The third-order valence-electron chi connectivity index (χ3n) is 5.22. The molecule has 2 aromatic carbocycles. The number of nitriles is 1. The van der Waals surface area contributed by atoms with Gasteiger partial charge in [0.05, 0.1) is 5.56 Å². The summed E-state index contributed by atoms with van der Waals surface area (Å²) in [4.78, 5) is 24.1. The van der Waals surface area contributed by atoms with Crippen LogP contribution in [0.2, 0.25) is 0 Å². The molecule has 0 saturated heterocycles. The summed E-state index contributed by atoms with van der Waals surface area (Å²) in [7, 11) is 0. The quantitative estimate of drug-likeness (QED) is 0.457. The van der Waals surface area contributed by atoms with Crippen molar-refractivity contribution in [3.63, 3.8) is 0 Å². The van der Waals surface area contributed by atoms with E-state index in [2.05, 4.69) is 5.32 Å². The topological polar surface area (TPSA) is 95.1 Å². The van der Waals surface area contributed by atoms with E-state index in [9.17, 15) is 20.0 Å². The predicted molar refractivity (Wildman–Crippen MR) is 120 cm³/mol. The Hall–Kier alpha value is -4.11. The van der Waals surface area contributed by atoms with Crippen molar-refractivity contribution in [3.05, 3.63) is 87.7 Å². The monoisotopic (exact) mass is 413 g/mol. The fourth-order valence-corrected chi connectivity index (χ4v) is 3.54. The second-order valence-electron chi connectivity index (χ2n) is 7.41.